The highest BCUT2D eigenvalue weighted by Gasteiger charge is 2.39. The van der Waals surface area contributed by atoms with Crippen LogP contribution in [-0.4, -0.2) is 46.5 Å². The molecule has 26 heavy (non-hydrogen) atoms. The monoisotopic (exact) mass is 382 g/mol. The maximum absolute atomic E-state index is 12.7. The summed E-state index contributed by atoms with van der Waals surface area (Å²) in [4.78, 5) is 41.9. The Hall–Kier alpha value is -2.49. The number of thioether (sulfide) groups is 1. The predicted octanol–water partition coefficient (Wildman–Crippen LogP) is 1.11. The predicted molar refractivity (Wildman–Crippen MR) is 98.3 cm³/mol. The van der Waals surface area contributed by atoms with Gasteiger partial charge in [-0.3, -0.25) is 9.36 Å². The third-order valence-electron chi connectivity index (χ3n) is 3.70. The lowest BCUT2D eigenvalue weighted by Gasteiger charge is -2.25. The summed E-state index contributed by atoms with van der Waals surface area (Å²) in [7, 11) is 1.58. The highest BCUT2D eigenvalue weighted by Crippen LogP contribution is 2.29. The molecule has 0 aliphatic carbocycles. The average molecular weight is 382 g/mol. The molecule has 0 radical (unpaired) electrons. The second-order valence-electron chi connectivity index (χ2n) is 5.64. The number of hydrogen-bond acceptors (Lipinski definition) is 9. The summed E-state index contributed by atoms with van der Waals surface area (Å²) in [6, 6.07) is 0. The largest absolute Gasteiger partial charge is 0.464 e. The summed E-state index contributed by atoms with van der Waals surface area (Å²) >= 11 is 1.28. The maximum atomic E-state index is 12.7. The van der Waals surface area contributed by atoms with Gasteiger partial charge in [0.2, 0.25) is 0 Å². The first kappa shape index (κ1) is 19.8. The van der Waals surface area contributed by atoms with E-state index in [9.17, 15) is 14.4 Å². The number of ether oxygens (including phenoxy) is 2. The Morgan fingerprint density at radius 1 is 1.31 bits per heavy atom. The zero-order chi connectivity index (χ0) is 19.5. The minimum Gasteiger partial charge on any atom is -0.464 e. The molecule has 0 saturated heterocycles. The summed E-state index contributed by atoms with van der Waals surface area (Å²) in [6.07, 6.45) is 3.13. The number of aromatic nitrogens is 2. The van der Waals surface area contributed by atoms with Crippen LogP contribution >= 0.6 is 11.8 Å². The second kappa shape index (κ2) is 7.81. The van der Waals surface area contributed by atoms with Crippen molar-refractivity contribution in [3.8, 4) is 0 Å². The number of esters is 2. The molecule has 1 atom stereocenters. The molecule has 0 fully saturated rings. The average Bonchev–Trinajstić information content (AvgIpc) is 2.76. The Labute approximate surface area is 155 Å². The van der Waals surface area contributed by atoms with Crippen LogP contribution in [0.1, 0.15) is 20.8 Å². The third kappa shape index (κ3) is 3.69. The maximum Gasteiger partial charge on any atom is 0.354 e. The van der Waals surface area contributed by atoms with Gasteiger partial charge in [0, 0.05) is 7.05 Å². The fourth-order valence-corrected chi connectivity index (χ4v) is 2.97. The van der Waals surface area contributed by atoms with Crippen molar-refractivity contribution in [1.29, 1.82) is 0 Å². The van der Waals surface area contributed by atoms with Gasteiger partial charge in [-0.25, -0.2) is 14.6 Å². The van der Waals surface area contributed by atoms with Crippen LogP contribution in [-0.2, 0) is 26.1 Å². The van der Waals surface area contributed by atoms with E-state index in [2.05, 4.69) is 15.6 Å². The van der Waals surface area contributed by atoms with Crippen molar-refractivity contribution in [2.75, 3.05) is 30.1 Å². The van der Waals surface area contributed by atoms with Gasteiger partial charge in [0.1, 0.15) is 11.4 Å². The Morgan fingerprint density at radius 3 is 2.54 bits per heavy atom. The molecular formula is C16H22N4O5S. The Kier molecular flexibility index (Phi) is 5.96. The van der Waals surface area contributed by atoms with E-state index in [0.717, 1.165) is 0 Å². The highest BCUT2D eigenvalue weighted by molar-refractivity contribution is 7.98. The van der Waals surface area contributed by atoms with E-state index in [1.807, 2.05) is 0 Å². The van der Waals surface area contributed by atoms with Gasteiger partial charge < -0.3 is 20.1 Å². The lowest BCUT2D eigenvalue weighted by Crippen LogP contribution is -2.44. The van der Waals surface area contributed by atoms with Crippen LogP contribution in [0.5, 0.6) is 0 Å². The standard InChI is InChI=1S/C16H22N4O5S/c1-6-24-13(22)9-8-16(3,14(23)25-7-2)19-10-11(17-9)18-15(26-5)20(4)12(10)21/h8,17,19H,6-7H2,1-5H3/t16-/m0/s1. The van der Waals surface area contributed by atoms with Crippen molar-refractivity contribution >= 4 is 35.2 Å². The molecule has 0 saturated carbocycles. The number of nitrogens with one attached hydrogen (secondary N) is 2. The fourth-order valence-electron chi connectivity index (χ4n) is 2.43. The van der Waals surface area contributed by atoms with Crippen molar-refractivity contribution in [2.24, 2.45) is 7.05 Å². The molecular weight excluding hydrogens is 360 g/mol. The topological polar surface area (TPSA) is 112 Å². The quantitative estimate of drug-likeness (QED) is 0.439. The van der Waals surface area contributed by atoms with Gasteiger partial charge in [0.15, 0.2) is 16.5 Å². The van der Waals surface area contributed by atoms with E-state index >= 15 is 0 Å². The van der Waals surface area contributed by atoms with Gasteiger partial charge >= 0.3 is 11.9 Å². The van der Waals surface area contributed by atoms with Crippen molar-refractivity contribution in [1.82, 2.24) is 9.55 Å². The van der Waals surface area contributed by atoms with Crippen LogP contribution in [0.3, 0.4) is 0 Å². The second-order valence-corrected chi connectivity index (χ2v) is 6.41. The molecule has 2 rings (SSSR count). The molecule has 2 N–H and O–H groups in total. The lowest BCUT2D eigenvalue weighted by atomic mass is 10.0. The molecule has 1 aromatic heterocycles. The van der Waals surface area contributed by atoms with Gasteiger partial charge in [0.05, 0.1) is 13.2 Å². The number of carbonyl (C=O) groups excluding carboxylic acids is 2. The van der Waals surface area contributed by atoms with E-state index in [0.29, 0.717) is 5.16 Å². The molecule has 0 amide bonds. The molecule has 9 nitrogen and oxygen atoms in total. The van der Waals surface area contributed by atoms with Crippen LogP contribution in [0.15, 0.2) is 21.7 Å². The normalized spacial score (nSPS) is 18.6. The van der Waals surface area contributed by atoms with E-state index < -0.39 is 17.5 Å². The summed E-state index contributed by atoms with van der Waals surface area (Å²) in [5.41, 5.74) is -1.77. The molecule has 0 unspecified atom stereocenters. The van der Waals surface area contributed by atoms with E-state index in [4.69, 9.17) is 9.47 Å². The van der Waals surface area contributed by atoms with Gasteiger partial charge in [-0.15, -0.1) is 0 Å². The van der Waals surface area contributed by atoms with Crippen molar-refractivity contribution < 1.29 is 19.1 Å². The zero-order valence-electron chi connectivity index (χ0n) is 15.3. The van der Waals surface area contributed by atoms with Gasteiger partial charge in [-0.05, 0) is 33.1 Å². The Morgan fingerprint density at radius 2 is 1.96 bits per heavy atom. The SMILES string of the molecule is CCOC(=O)C1=C[C@@](C)(C(=O)OCC)Nc2c(nc(SC)n(C)c2=O)N1. The van der Waals surface area contributed by atoms with Crippen LogP contribution in [0.4, 0.5) is 11.5 Å². The summed E-state index contributed by atoms with van der Waals surface area (Å²) in [5.74, 6) is -1.15. The number of anilines is 2. The number of hydrogen-bond donors (Lipinski definition) is 2. The van der Waals surface area contributed by atoms with E-state index in [-0.39, 0.29) is 36.0 Å². The first-order chi connectivity index (χ1) is 12.3. The Balaban J connectivity index is 2.66. The molecule has 0 spiro atoms. The van der Waals surface area contributed by atoms with Crippen LogP contribution in [0.25, 0.3) is 0 Å². The van der Waals surface area contributed by atoms with Crippen molar-refractivity contribution in [3.63, 3.8) is 0 Å². The number of rotatable bonds is 5. The summed E-state index contributed by atoms with van der Waals surface area (Å²) in [5, 5.41) is 6.15. The lowest BCUT2D eigenvalue weighted by molar-refractivity contribution is -0.146. The smallest absolute Gasteiger partial charge is 0.354 e. The van der Waals surface area contributed by atoms with Crippen LogP contribution in [0.2, 0.25) is 0 Å². The fraction of sp³-hybridized carbons (Fsp3) is 0.500. The number of nitrogens with zero attached hydrogens (tertiary/aromatic N) is 2. The minimum atomic E-state index is -1.45. The first-order valence-corrected chi connectivity index (χ1v) is 9.27. The molecule has 1 aliphatic rings. The van der Waals surface area contributed by atoms with Gasteiger partial charge in [-0.1, -0.05) is 11.8 Å². The third-order valence-corrected chi connectivity index (χ3v) is 4.43. The van der Waals surface area contributed by atoms with Crippen LogP contribution in [0, 0.1) is 0 Å². The van der Waals surface area contributed by atoms with Gasteiger partial charge in [-0.2, -0.15) is 0 Å². The zero-order valence-corrected chi connectivity index (χ0v) is 16.2. The Bertz CT molecular complexity index is 820. The van der Waals surface area contributed by atoms with Crippen molar-refractivity contribution in [2.45, 2.75) is 31.5 Å². The number of carbonyl (C=O) groups is 2. The molecule has 1 aliphatic heterocycles. The highest BCUT2D eigenvalue weighted by atomic mass is 32.2. The van der Waals surface area contributed by atoms with Crippen LogP contribution < -0.4 is 16.2 Å². The molecule has 10 heteroatoms. The van der Waals surface area contributed by atoms with Gasteiger partial charge in [0.25, 0.3) is 5.56 Å². The molecule has 142 valence electrons. The van der Waals surface area contributed by atoms with E-state index in [1.54, 1.807) is 27.2 Å². The van der Waals surface area contributed by atoms with E-state index in [1.165, 1.54) is 29.3 Å². The first-order valence-electron chi connectivity index (χ1n) is 8.04. The molecule has 0 bridgehead atoms. The minimum absolute atomic E-state index is 0.00135. The molecule has 2 heterocycles. The molecule has 1 aromatic rings. The van der Waals surface area contributed by atoms with Crippen molar-refractivity contribution in [3.05, 3.63) is 22.1 Å². The summed E-state index contributed by atoms with van der Waals surface area (Å²) < 4.78 is 11.5. The molecule has 0 aromatic carbocycles. The summed E-state index contributed by atoms with van der Waals surface area (Å²) in [6.45, 7) is 5.18. The number of fused-ring (bicyclic) bond motifs is 1.